The topological polar surface area (TPSA) is 55.8 Å². The van der Waals surface area contributed by atoms with Gasteiger partial charge >= 0.3 is 5.97 Å². The van der Waals surface area contributed by atoms with E-state index in [1.165, 1.54) is 12.8 Å². The zero-order chi connectivity index (χ0) is 15.0. The maximum Gasteiger partial charge on any atom is 0.304 e. The second kappa shape index (κ2) is 5.41. The molecule has 21 heavy (non-hydrogen) atoms. The molecule has 0 heterocycles. The molecule has 2 aliphatic rings. The zero-order valence-electron chi connectivity index (χ0n) is 12.0. The number of aliphatic carboxylic acids is 1. The Balaban J connectivity index is 1.86. The van der Waals surface area contributed by atoms with E-state index < -0.39 is 5.97 Å². The fraction of sp³-hybridized carbons (Fsp3) is 0.562. The van der Waals surface area contributed by atoms with Gasteiger partial charge in [0.2, 0.25) is 0 Å². The summed E-state index contributed by atoms with van der Waals surface area (Å²) >= 11 is 6.34. The van der Waals surface area contributed by atoms with Gasteiger partial charge in [-0.05, 0) is 49.3 Å². The van der Waals surface area contributed by atoms with E-state index in [-0.39, 0.29) is 11.8 Å². The Morgan fingerprint density at radius 2 is 2.14 bits per heavy atom. The van der Waals surface area contributed by atoms with Crippen molar-refractivity contribution in [1.82, 2.24) is 0 Å². The predicted molar refractivity (Wildman–Crippen MR) is 79.4 cm³/mol. The van der Waals surface area contributed by atoms with Gasteiger partial charge in [-0.2, -0.15) is 0 Å². The van der Waals surface area contributed by atoms with Crippen molar-refractivity contribution in [3.63, 3.8) is 0 Å². The highest BCUT2D eigenvalue weighted by atomic mass is 35.5. The standard InChI is InChI=1S/C16H19ClO4/c1-20-13-7-11(16(4-5-16)8-14(18)19)6-12(17)15(13)21-9-10-2-3-10/h6-7,10H,2-5,8-9H2,1H3,(H,18,19). The van der Waals surface area contributed by atoms with Gasteiger partial charge in [0, 0.05) is 5.41 Å². The zero-order valence-corrected chi connectivity index (χ0v) is 12.8. The van der Waals surface area contributed by atoms with Gasteiger partial charge in [0.25, 0.3) is 0 Å². The van der Waals surface area contributed by atoms with Gasteiger partial charge < -0.3 is 14.6 Å². The van der Waals surface area contributed by atoms with E-state index >= 15 is 0 Å². The van der Waals surface area contributed by atoms with Gasteiger partial charge in [-0.3, -0.25) is 4.79 Å². The second-order valence-corrected chi connectivity index (χ2v) is 6.50. The number of rotatable bonds is 7. The van der Waals surface area contributed by atoms with Crippen molar-refractivity contribution in [2.24, 2.45) is 5.92 Å². The van der Waals surface area contributed by atoms with Crippen LogP contribution in [-0.4, -0.2) is 24.8 Å². The monoisotopic (exact) mass is 310 g/mol. The minimum absolute atomic E-state index is 0.134. The van der Waals surface area contributed by atoms with Crippen LogP contribution in [0.2, 0.25) is 5.02 Å². The molecule has 0 spiro atoms. The molecule has 4 nitrogen and oxygen atoms in total. The molecule has 0 bridgehead atoms. The molecule has 0 aliphatic heterocycles. The van der Waals surface area contributed by atoms with Gasteiger partial charge in [0.15, 0.2) is 11.5 Å². The van der Waals surface area contributed by atoms with Gasteiger partial charge in [-0.1, -0.05) is 11.6 Å². The highest BCUT2D eigenvalue weighted by molar-refractivity contribution is 6.32. The minimum Gasteiger partial charge on any atom is -0.493 e. The Morgan fingerprint density at radius 1 is 1.43 bits per heavy atom. The Bertz CT molecular complexity index is 562. The average molecular weight is 311 g/mol. The third kappa shape index (κ3) is 3.10. The maximum atomic E-state index is 11.0. The smallest absolute Gasteiger partial charge is 0.304 e. The van der Waals surface area contributed by atoms with Gasteiger partial charge in [0.1, 0.15) is 0 Å². The first kappa shape index (κ1) is 14.5. The van der Waals surface area contributed by atoms with Crippen LogP contribution in [0.1, 0.15) is 37.7 Å². The molecule has 1 aromatic rings. The summed E-state index contributed by atoms with van der Waals surface area (Å²) in [5.41, 5.74) is 0.656. The van der Waals surface area contributed by atoms with Crippen molar-refractivity contribution in [2.45, 2.75) is 37.5 Å². The third-order valence-corrected chi connectivity index (χ3v) is 4.63. The lowest BCUT2D eigenvalue weighted by Gasteiger charge is -2.18. The number of hydrogen-bond acceptors (Lipinski definition) is 3. The van der Waals surface area contributed by atoms with E-state index in [0.717, 1.165) is 18.4 Å². The largest absolute Gasteiger partial charge is 0.493 e. The number of ether oxygens (including phenoxy) is 2. The van der Waals surface area contributed by atoms with Crippen LogP contribution >= 0.6 is 11.6 Å². The number of carboxylic acid groups (broad SMARTS) is 1. The first-order chi connectivity index (χ1) is 10.0. The molecule has 2 aliphatic carbocycles. The molecule has 114 valence electrons. The molecule has 1 N–H and O–H groups in total. The van der Waals surface area contributed by atoms with Crippen LogP contribution in [0.5, 0.6) is 11.5 Å². The van der Waals surface area contributed by atoms with Crippen LogP contribution in [0.3, 0.4) is 0 Å². The predicted octanol–water partition coefficient (Wildman–Crippen LogP) is 3.64. The van der Waals surface area contributed by atoms with Crippen LogP contribution in [0, 0.1) is 5.92 Å². The first-order valence-corrected chi connectivity index (χ1v) is 7.64. The summed E-state index contributed by atoms with van der Waals surface area (Å²) in [6.45, 7) is 0.662. The summed E-state index contributed by atoms with van der Waals surface area (Å²) in [5, 5.41) is 9.57. The minimum atomic E-state index is -0.781. The lowest BCUT2D eigenvalue weighted by molar-refractivity contribution is -0.137. The van der Waals surface area contributed by atoms with Crippen molar-refractivity contribution >= 4 is 17.6 Å². The van der Waals surface area contributed by atoms with E-state index in [1.54, 1.807) is 7.11 Å². The Kier molecular flexibility index (Phi) is 3.74. The number of methoxy groups -OCH3 is 1. The summed E-state index contributed by atoms with van der Waals surface area (Å²) in [6, 6.07) is 3.71. The number of carboxylic acids is 1. The normalized spacial score (nSPS) is 19.1. The first-order valence-electron chi connectivity index (χ1n) is 7.27. The molecule has 2 fully saturated rings. The third-order valence-electron chi connectivity index (χ3n) is 4.35. The van der Waals surface area contributed by atoms with Crippen molar-refractivity contribution in [1.29, 1.82) is 0 Å². The van der Waals surface area contributed by atoms with Gasteiger partial charge in [-0.15, -0.1) is 0 Å². The maximum absolute atomic E-state index is 11.0. The molecular formula is C16H19ClO4. The Hall–Kier alpha value is -1.42. The molecular weight excluding hydrogens is 292 g/mol. The van der Waals surface area contributed by atoms with Crippen LogP contribution < -0.4 is 9.47 Å². The summed E-state index contributed by atoms with van der Waals surface area (Å²) < 4.78 is 11.2. The fourth-order valence-corrected chi connectivity index (χ4v) is 2.92. The van der Waals surface area contributed by atoms with E-state index in [1.807, 2.05) is 12.1 Å². The highest BCUT2D eigenvalue weighted by Gasteiger charge is 2.46. The summed E-state index contributed by atoms with van der Waals surface area (Å²) in [6.07, 6.45) is 4.30. The summed E-state index contributed by atoms with van der Waals surface area (Å²) in [7, 11) is 1.58. The highest BCUT2D eigenvalue weighted by Crippen LogP contribution is 2.53. The summed E-state index contributed by atoms with van der Waals surface area (Å²) in [4.78, 5) is 11.0. The molecule has 5 heteroatoms. The van der Waals surface area contributed by atoms with E-state index in [0.29, 0.717) is 29.0 Å². The molecule has 3 rings (SSSR count). The molecule has 0 atom stereocenters. The Morgan fingerprint density at radius 3 is 2.67 bits per heavy atom. The molecule has 0 saturated heterocycles. The number of hydrogen-bond donors (Lipinski definition) is 1. The van der Waals surface area contributed by atoms with Crippen LogP contribution in [0.15, 0.2) is 12.1 Å². The quantitative estimate of drug-likeness (QED) is 0.835. The van der Waals surface area contributed by atoms with Crippen molar-refractivity contribution in [3.8, 4) is 11.5 Å². The van der Waals surface area contributed by atoms with Crippen molar-refractivity contribution in [2.75, 3.05) is 13.7 Å². The van der Waals surface area contributed by atoms with E-state index in [4.69, 9.17) is 26.2 Å². The Labute approximate surface area is 129 Å². The lowest BCUT2D eigenvalue weighted by atomic mass is 9.92. The van der Waals surface area contributed by atoms with Crippen LogP contribution in [0.25, 0.3) is 0 Å². The van der Waals surface area contributed by atoms with Crippen molar-refractivity contribution < 1.29 is 19.4 Å². The van der Waals surface area contributed by atoms with E-state index in [2.05, 4.69) is 0 Å². The molecule has 0 unspecified atom stereocenters. The molecule has 0 aromatic heterocycles. The van der Waals surface area contributed by atoms with Crippen LogP contribution in [-0.2, 0) is 10.2 Å². The molecule has 0 amide bonds. The molecule has 2 saturated carbocycles. The fourth-order valence-electron chi connectivity index (χ4n) is 2.66. The number of benzene rings is 1. The van der Waals surface area contributed by atoms with Gasteiger partial charge in [0.05, 0.1) is 25.2 Å². The lowest BCUT2D eigenvalue weighted by Crippen LogP contribution is -2.13. The number of carbonyl (C=O) groups is 1. The van der Waals surface area contributed by atoms with Gasteiger partial charge in [-0.25, -0.2) is 0 Å². The second-order valence-electron chi connectivity index (χ2n) is 6.09. The molecule has 0 radical (unpaired) electrons. The summed E-state index contributed by atoms with van der Waals surface area (Å²) in [5.74, 6) is 1.01. The average Bonchev–Trinajstić information content (AvgIpc) is 3.31. The van der Waals surface area contributed by atoms with Crippen LogP contribution in [0.4, 0.5) is 0 Å². The SMILES string of the molecule is COc1cc(C2(CC(=O)O)CC2)cc(Cl)c1OCC1CC1. The van der Waals surface area contributed by atoms with Crippen molar-refractivity contribution in [3.05, 3.63) is 22.7 Å². The molecule has 1 aromatic carbocycles. The number of halogens is 1. The van der Waals surface area contributed by atoms with E-state index in [9.17, 15) is 4.79 Å².